The van der Waals surface area contributed by atoms with E-state index in [1.165, 1.54) is 0 Å². The van der Waals surface area contributed by atoms with Gasteiger partial charge in [-0.1, -0.05) is 0 Å². The minimum atomic E-state index is -2.17. The van der Waals surface area contributed by atoms with Crippen molar-refractivity contribution in [2.24, 2.45) is 0 Å². The molecule has 0 aliphatic carbocycles. The van der Waals surface area contributed by atoms with Crippen LogP contribution in [-0.4, -0.2) is 56.0 Å². The van der Waals surface area contributed by atoms with E-state index in [0.29, 0.717) is 10.8 Å². The molecule has 0 bridgehead atoms. The molecule has 1 aromatic rings. The van der Waals surface area contributed by atoms with Gasteiger partial charge in [-0.3, -0.25) is 4.57 Å². The molecule has 1 fully saturated rings. The predicted octanol–water partition coefficient (Wildman–Crippen LogP) is -2.08. The van der Waals surface area contributed by atoms with E-state index in [2.05, 4.69) is 4.98 Å². The van der Waals surface area contributed by atoms with Gasteiger partial charge in [-0.2, -0.15) is 4.98 Å². The van der Waals surface area contributed by atoms with Crippen molar-refractivity contribution in [2.75, 3.05) is 18.9 Å². The van der Waals surface area contributed by atoms with Gasteiger partial charge in [0.2, 0.25) is 0 Å². The van der Waals surface area contributed by atoms with E-state index >= 15 is 0 Å². The van der Waals surface area contributed by atoms with Crippen LogP contribution in [0.1, 0.15) is 6.23 Å². The van der Waals surface area contributed by atoms with Crippen LogP contribution in [0.2, 0.25) is 0 Å². The van der Waals surface area contributed by atoms with Crippen LogP contribution in [0.4, 0.5) is 14.6 Å². The molecule has 0 spiro atoms. The molecular formula is C10H13F2N3O5. The van der Waals surface area contributed by atoms with Crippen LogP contribution >= 0.6 is 0 Å². The van der Waals surface area contributed by atoms with Crippen molar-refractivity contribution in [1.29, 1.82) is 0 Å². The summed E-state index contributed by atoms with van der Waals surface area (Å²) < 4.78 is 32.8. The van der Waals surface area contributed by atoms with Crippen LogP contribution in [0.5, 0.6) is 0 Å². The van der Waals surface area contributed by atoms with Gasteiger partial charge in [-0.25, -0.2) is 13.6 Å². The summed E-state index contributed by atoms with van der Waals surface area (Å²) in [4.78, 5) is 14.7. The molecule has 5 N–H and O–H groups in total. The zero-order chi connectivity index (χ0) is 15.1. The Labute approximate surface area is 111 Å². The summed E-state index contributed by atoms with van der Waals surface area (Å²) in [6.45, 7) is -1.78. The molecule has 20 heavy (non-hydrogen) atoms. The SMILES string of the molecule is Nc1nc(=O)n([C@@H]2OC(CO)(CO)[C@@H](O)[C@@H]2F)cc1F. The Morgan fingerprint density at radius 3 is 2.60 bits per heavy atom. The monoisotopic (exact) mass is 293 g/mol. The van der Waals surface area contributed by atoms with Gasteiger partial charge in [-0.05, 0) is 0 Å². The Hall–Kier alpha value is -1.62. The number of alkyl halides is 1. The molecule has 0 unspecified atom stereocenters. The third kappa shape index (κ3) is 2.06. The van der Waals surface area contributed by atoms with E-state index in [4.69, 9.17) is 20.7 Å². The molecule has 8 nitrogen and oxygen atoms in total. The second-order valence-electron chi connectivity index (χ2n) is 4.44. The molecule has 0 amide bonds. The van der Waals surface area contributed by atoms with E-state index < -0.39 is 54.6 Å². The van der Waals surface area contributed by atoms with Gasteiger partial charge in [0.1, 0.15) is 11.7 Å². The summed E-state index contributed by atoms with van der Waals surface area (Å²) in [7, 11) is 0. The van der Waals surface area contributed by atoms with E-state index in [-0.39, 0.29) is 0 Å². The van der Waals surface area contributed by atoms with Crippen LogP contribution in [0.15, 0.2) is 11.0 Å². The number of ether oxygens (including phenoxy) is 1. The molecule has 0 radical (unpaired) electrons. The zero-order valence-corrected chi connectivity index (χ0v) is 10.1. The maximum atomic E-state index is 14.0. The van der Waals surface area contributed by atoms with Crippen LogP contribution in [0, 0.1) is 5.82 Å². The Morgan fingerprint density at radius 1 is 1.50 bits per heavy atom. The fourth-order valence-corrected chi connectivity index (χ4v) is 1.98. The molecule has 1 saturated heterocycles. The lowest BCUT2D eigenvalue weighted by atomic mass is 9.98. The molecule has 2 heterocycles. The highest BCUT2D eigenvalue weighted by Crippen LogP contribution is 2.38. The molecule has 1 aliphatic heterocycles. The number of hydrogen-bond acceptors (Lipinski definition) is 7. The number of aliphatic hydroxyl groups is 3. The average molecular weight is 293 g/mol. The largest absolute Gasteiger partial charge is 0.393 e. The molecule has 2 rings (SSSR count). The topological polar surface area (TPSA) is 131 Å². The standard InChI is InChI=1S/C10H13F2N3O5/c11-4-1-15(9(19)14-7(4)13)8-5(12)6(18)10(2-16,3-17)20-8/h1,5-6,8,16-18H,2-3H2,(H2,13,14,19)/t5-,6-,8+/m0/s1. The van der Waals surface area contributed by atoms with Gasteiger partial charge in [0.05, 0.1) is 19.4 Å². The lowest BCUT2D eigenvalue weighted by molar-refractivity contribution is -0.150. The summed E-state index contributed by atoms with van der Waals surface area (Å²) in [6.07, 6.45) is -5.22. The molecule has 3 atom stereocenters. The number of hydrogen-bond donors (Lipinski definition) is 4. The first-order valence-corrected chi connectivity index (χ1v) is 5.62. The number of aromatic nitrogens is 2. The Balaban J connectivity index is 2.45. The first-order chi connectivity index (χ1) is 9.36. The first-order valence-electron chi connectivity index (χ1n) is 5.62. The number of rotatable bonds is 3. The second-order valence-corrected chi connectivity index (χ2v) is 4.44. The summed E-state index contributed by atoms with van der Waals surface area (Å²) in [5.41, 5.74) is 2.02. The minimum absolute atomic E-state index is 0.465. The maximum absolute atomic E-state index is 14.0. The van der Waals surface area contributed by atoms with Crippen LogP contribution in [-0.2, 0) is 4.74 Å². The van der Waals surface area contributed by atoms with Crippen LogP contribution in [0.3, 0.4) is 0 Å². The summed E-state index contributed by atoms with van der Waals surface area (Å²) >= 11 is 0. The van der Waals surface area contributed by atoms with Crippen LogP contribution < -0.4 is 11.4 Å². The van der Waals surface area contributed by atoms with Gasteiger partial charge in [0, 0.05) is 0 Å². The van der Waals surface area contributed by atoms with Crippen molar-refractivity contribution in [2.45, 2.75) is 24.1 Å². The summed E-state index contributed by atoms with van der Waals surface area (Å²) in [6, 6.07) is 0. The van der Waals surface area contributed by atoms with Crippen molar-refractivity contribution in [1.82, 2.24) is 9.55 Å². The van der Waals surface area contributed by atoms with E-state index in [9.17, 15) is 18.7 Å². The van der Waals surface area contributed by atoms with Gasteiger partial charge in [0.25, 0.3) is 0 Å². The van der Waals surface area contributed by atoms with Gasteiger partial charge < -0.3 is 25.8 Å². The maximum Gasteiger partial charge on any atom is 0.351 e. The highest BCUT2D eigenvalue weighted by Gasteiger charge is 2.55. The van der Waals surface area contributed by atoms with Crippen LogP contribution in [0.25, 0.3) is 0 Å². The van der Waals surface area contributed by atoms with Gasteiger partial charge in [-0.15, -0.1) is 0 Å². The number of anilines is 1. The van der Waals surface area contributed by atoms with Gasteiger partial charge >= 0.3 is 5.69 Å². The minimum Gasteiger partial charge on any atom is -0.393 e. The molecule has 1 aliphatic rings. The zero-order valence-electron chi connectivity index (χ0n) is 10.1. The molecular weight excluding hydrogens is 280 g/mol. The van der Waals surface area contributed by atoms with E-state index in [0.717, 1.165) is 0 Å². The number of aliphatic hydroxyl groups excluding tert-OH is 3. The summed E-state index contributed by atoms with van der Waals surface area (Å²) in [5, 5.41) is 27.9. The fraction of sp³-hybridized carbons (Fsp3) is 0.600. The molecule has 0 saturated carbocycles. The molecule has 0 aromatic carbocycles. The quantitative estimate of drug-likeness (QED) is 0.503. The lowest BCUT2D eigenvalue weighted by Gasteiger charge is -2.27. The third-order valence-corrected chi connectivity index (χ3v) is 3.21. The van der Waals surface area contributed by atoms with Crippen molar-refractivity contribution in [3.63, 3.8) is 0 Å². The Bertz CT molecular complexity index is 562. The van der Waals surface area contributed by atoms with Crippen molar-refractivity contribution in [3.8, 4) is 0 Å². The number of nitrogen functional groups attached to an aromatic ring is 1. The number of nitrogens with two attached hydrogens (primary N) is 1. The van der Waals surface area contributed by atoms with Crippen molar-refractivity contribution < 1.29 is 28.8 Å². The predicted molar refractivity (Wildman–Crippen MR) is 60.8 cm³/mol. The molecule has 1 aromatic heterocycles. The van der Waals surface area contributed by atoms with E-state index in [1.54, 1.807) is 0 Å². The Kier molecular flexibility index (Phi) is 3.73. The van der Waals surface area contributed by atoms with Gasteiger partial charge in [0.15, 0.2) is 24.0 Å². The normalized spacial score (nSPS) is 28.8. The highest BCUT2D eigenvalue weighted by molar-refractivity contribution is 5.26. The smallest absolute Gasteiger partial charge is 0.351 e. The molecule has 10 heteroatoms. The first kappa shape index (κ1) is 14.8. The van der Waals surface area contributed by atoms with Crippen molar-refractivity contribution in [3.05, 3.63) is 22.5 Å². The highest BCUT2D eigenvalue weighted by atomic mass is 19.1. The molecule has 112 valence electrons. The summed E-state index contributed by atoms with van der Waals surface area (Å²) in [5.74, 6) is -1.73. The second kappa shape index (κ2) is 5.05. The third-order valence-electron chi connectivity index (χ3n) is 3.21. The van der Waals surface area contributed by atoms with E-state index in [1.807, 2.05) is 0 Å². The number of halogens is 2. The fourth-order valence-electron chi connectivity index (χ4n) is 1.98. The Morgan fingerprint density at radius 2 is 2.10 bits per heavy atom. The van der Waals surface area contributed by atoms with Crippen molar-refractivity contribution >= 4 is 5.82 Å². The lowest BCUT2D eigenvalue weighted by Crippen LogP contribution is -2.48. The number of nitrogens with zero attached hydrogens (tertiary/aromatic N) is 2. The average Bonchev–Trinajstić information content (AvgIpc) is 2.68.